The van der Waals surface area contributed by atoms with Gasteiger partial charge in [-0.2, -0.15) is 17.5 Å². The molecule has 1 aliphatic carbocycles. The first-order valence-electron chi connectivity index (χ1n) is 11.2. The van der Waals surface area contributed by atoms with Crippen LogP contribution in [-0.2, 0) is 27.4 Å². The zero-order valence-electron chi connectivity index (χ0n) is 18.7. The number of fused-ring (bicyclic) bond motifs is 1. The van der Waals surface area contributed by atoms with Crippen LogP contribution in [0.15, 0.2) is 59.9 Å². The quantitative estimate of drug-likeness (QED) is 0.437. The van der Waals surface area contributed by atoms with Crippen LogP contribution in [0.3, 0.4) is 0 Å². The second-order valence-corrected chi connectivity index (χ2v) is 10.7. The van der Waals surface area contributed by atoms with Crippen LogP contribution in [0.2, 0.25) is 0 Å². The molecule has 5 rings (SSSR count). The average Bonchev–Trinajstić information content (AvgIpc) is 3.50. The number of hydrogen-bond donors (Lipinski definition) is 0. The summed E-state index contributed by atoms with van der Waals surface area (Å²) in [6, 6.07) is 7.19. The van der Waals surface area contributed by atoms with E-state index in [9.17, 15) is 30.8 Å². The number of hydrogen-bond acceptors (Lipinski definition) is 6. The number of aryl methyl sites for hydroxylation is 1. The molecule has 188 valence electrons. The van der Waals surface area contributed by atoms with Gasteiger partial charge in [-0.1, -0.05) is 0 Å². The first-order valence-corrected chi connectivity index (χ1v) is 12.6. The SMILES string of the molecule is O=C(CCc1cc(-c2ccc(C(F)(F)F)nc2)ncn1)[C@@H]1C[C@H]2C[C@H]2N1S(=O)(=O)c1ccc(F)cc1. The van der Waals surface area contributed by atoms with Gasteiger partial charge in [-0.15, -0.1) is 0 Å². The summed E-state index contributed by atoms with van der Waals surface area (Å²) in [4.78, 5) is 24.7. The van der Waals surface area contributed by atoms with Gasteiger partial charge in [0.2, 0.25) is 10.0 Å². The van der Waals surface area contributed by atoms with Crippen molar-refractivity contribution in [3.63, 3.8) is 0 Å². The fourth-order valence-electron chi connectivity index (χ4n) is 4.59. The summed E-state index contributed by atoms with van der Waals surface area (Å²) >= 11 is 0. The number of piperidine rings is 1. The van der Waals surface area contributed by atoms with Crippen molar-refractivity contribution >= 4 is 15.8 Å². The molecule has 0 unspecified atom stereocenters. The third-order valence-corrected chi connectivity index (χ3v) is 8.46. The molecule has 3 heterocycles. The fourth-order valence-corrected chi connectivity index (χ4v) is 6.47. The van der Waals surface area contributed by atoms with E-state index in [2.05, 4.69) is 15.0 Å². The standard InChI is InChI=1S/C24H20F4N4O3S/c25-16-2-5-18(6-3-16)36(34,35)32-20-9-15(20)10-21(32)22(33)7-4-17-11-19(31-13-30-17)14-1-8-23(29-12-14)24(26,27)28/h1-3,5-6,8,11-13,15,20-21H,4,7,9-10H2/t15-,20-,21+/m1/s1. The molecule has 2 aliphatic rings. The van der Waals surface area contributed by atoms with Crippen LogP contribution in [0, 0.1) is 11.7 Å². The van der Waals surface area contributed by atoms with Gasteiger partial charge in [-0.05, 0) is 67.6 Å². The largest absolute Gasteiger partial charge is 0.433 e. The Kier molecular flexibility index (Phi) is 6.11. The zero-order chi connectivity index (χ0) is 25.7. The lowest BCUT2D eigenvalue weighted by Gasteiger charge is -2.26. The Morgan fingerprint density at radius 3 is 2.44 bits per heavy atom. The van der Waals surface area contributed by atoms with Crippen molar-refractivity contribution in [1.82, 2.24) is 19.3 Å². The topological polar surface area (TPSA) is 93.1 Å². The highest BCUT2D eigenvalue weighted by molar-refractivity contribution is 7.89. The lowest BCUT2D eigenvalue weighted by atomic mass is 10.0. The van der Waals surface area contributed by atoms with Gasteiger partial charge in [-0.25, -0.2) is 22.8 Å². The molecule has 0 spiro atoms. The summed E-state index contributed by atoms with van der Waals surface area (Å²) in [5, 5.41) is 0. The number of Topliss-reactive ketones (excluding diaryl/α,β-unsaturated/α-hetero) is 1. The van der Waals surface area contributed by atoms with Crippen LogP contribution in [0.5, 0.6) is 0 Å². The highest BCUT2D eigenvalue weighted by Crippen LogP contribution is 2.50. The van der Waals surface area contributed by atoms with Gasteiger partial charge in [0.1, 0.15) is 17.8 Å². The summed E-state index contributed by atoms with van der Waals surface area (Å²) in [7, 11) is -3.96. The smallest absolute Gasteiger partial charge is 0.298 e. The molecule has 0 N–H and O–H groups in total. The van der Waals surface area contributed by atoms with Crippen LogP contribution < -0.4 is 0 Å². The van der Waals surface area contributed by atoms with Crippen LogP contribution in [0.4, 0.5) is 17.6 Å². The average molecular weight is 521 g/mol. The number of aromatic nitrogens is 3. The second kappa shape index (κ2) is 9.00. The van der Waals surface area contributed by atoms with Crippen molar-refractivity contribution in [3.05, 3.63) is 72.2 Å². The normalized spacial score (nSPS) is 21.8. The number of sulfonamides is 1. The minimum atomic E-state index is -4.55. The van der Waals surface area contributed by atoms with Gasteiger partial charge in [0, 0.05) is 29.9 Å². The van der Waals surface area contributed by atoms with Crippen LogP contribution in [-0.4, -0.2) is 45.5 Å². The predicted molar refractivity (Wildman–Crippen MR) is 119 cm³/mol. The van der Waals surface area contributed by atoms with E-state index in [0.29, 0.717) is 29.8 Å². The minimum Gasteiger partial charge on any atom is -0.298 e. The molecule has 7 nitrogen and oxygen atoms in total. The third kappa shape index (κ3) is 4.74. The molecule has 12 heteroatoms. The maximum absolute atomic E-state index is 13.3. The Morgan fingerprint density at radius 1 is 1.03 bits per heavy atom. The lowest BCUT2D eigenvalue weighted by molar-refractivity contribution is -0.141. The van der Waals surface area contributed by atoms with Crippen molar-refractivity contribution in [2.24, 2.45) is 5.92 Å². The Hall–Kier alpha value is -3.25. The molecule has 1 saturated heterocycles. The predicted octanol–water partition coefficient (Wildman–Crippen LogP) is 4.05. The molecule has 0 radical (unpaired) electrons. The first-order chi connectivity index (χ1) is 17.0. The molecule has 3 atom stereocenters. The van der Waals surface area contributed by atoms with E-state index >= 15 is 0 Å². The Bertz CT molecular complexity index is 1400. The van der Waals surface area contributed by atoms with Crippen molar-refractivity contribution in [1.29, 1.82) is 0 Å². The van der Waals surface area contributed by atoms with Crippen molar-refractivity contribution in [2.75, 3.05) is 0 Å². The number of carbonyl (C=O) groups excluding carboxylic acids is 1. The number of nitrogens with zero attached hydrogens (tertiary/aromatic N) is 4. The Balaban J connectivity index is 1.28. The van der Waals surface area contributed by atoms with Gasteiger partial charge in [0.15, 0.2) is 5.78 Å². The summed E-state index contributed by atoms with van der Waals surface area (Å²) < 4.78 is 79.2. The molecular formula is C24H20F4N4O3S. The molecule has 1 aliphatic heterocycles. The number of halogens is 4. The number of pyridine rings is 1. The van der Waals surface area contributed by atoms with Gasteiger partial charge in [-0.3, -0.25) is 9.78 Å². The Morgan fingerprint density at radius 2 is 1.78 bits per heavy atom. The Labute approximate surface area is 204 Å². The van der Waals surface area contributed by atoms with Crippen LogP contribution in [0.25, 0.3) is 11.3 Å². The van der Waals surface area contributed by atoms with Gasteiger partial charge >= 0.3 is 6.18 Å². The van der Waals surface area contributed by atoms with Crippen molar-refractivity contribution < 1.29 is 30.8 Å². The lowest BCUT2D eigenvalue weighted by Crippen LogP contribution is -2.43. The van der Waals surface area contributed by atoms with Gasteiger partial charge < -0.3 is 0 Å². The van der Waals surface area contributed by atoms with E-state index in [1.54, 1.807) is 6.07 Å². The summed E-state index contributed by atoms with van der Waals surface area (Å²) in [6.45, 7) is 0. The molecule has 1 saturated carbocycles. The van der Waals surface area contributed by atoms with E-state index in [0.717, 1.165) is 24.4 Å². The van der Waals surface area contributed by atoms with E-state index in [-0.39, 0.29) is 35.5 Å². The fraction of sp³-hybridized carbons (Fsp3) is 0.333. The second-order valence-electron chi connectivity index (χ2n) is 8.89. The molecule has 2 aromatic heterocycles. The van der Waals surface area contributed by atoms with Gasteiger partial charge in [0.25, 0.3) is 0 Å². The number of benzene rings is 1. The number of rotatable bonds is 7. The molecule has 2 fully saturated rings. The number of carbonyl (C=O) groups is 1. The molecule has 1 aromatic carbocycles. The summed E-state index contributed by atoms with van der Waals surface area (Å²) in [5.74, 6) is -0.667. The monoisotopic (exact) mass is 520 g/mol. The van der Waals surface area contributed by atoms with Crippen molar-refractivity contribution in [2.45, 2.75) is 48.8 Å². The summed E-state index contributed by atoms with van der Waals surface area (Å²) in [6.07, 6.45) is -0.850. The first kappa shape index (κ1) is 24.4. The molecular weight excluding hydrogens is 500 g/mol. The molecule has 0 amide bonds. The number of ketones is 1. The van der Waals surface area contributed by atoms with Crippen LogP contribution >= 0.6 is 0 Å². The highest BCUT2D eigenvalue weighted by Gasteiger charge is 2.58. The van der Waals surface area contributed by atoms with E-state index in [4.69, 9.17) is 0 Å². The third-order valence-electron chi connectivity index (χ3n) is 6.51. The van der Waals surface area contributed by atoms with E-state index < -0.39 is 33.8 Å². The van der Waals surface area contributed by atoms with Crippen LogP contribution in [0.1, 0.15) is 30.7 Å². The number of alkyl halides is 3. The molecule has 3 aromatic rings. The zero-order valence-corrected chi connectivity index (χ0v) is 19.5. The van der Waals surface area contributed by atoms with E-state index in [1.165, 1.54) is 28.8 Å². The van der Waals surface area contributed by atoms with Gasteiger partial charge in [0.05, 0.1) is 16.6 Å². The highest BCUT2D eigenvalue weighted by atomic mass is 32.2. The molecule has 0 bridgehead atoms. The summed E-state index contributed by atoms with van der Waals surface area (Å²) in [5.41, 5.74) is 0.201. The maximum atomic E-state index is 13.3. The molecule has 36 heavy (non-hydrogen) atoms. The minimum absolute atomic E-state index is 0.0290. The van der Waals surface area contributed by atoms with Crippen molar-refractivity contribution in [3.8, 4) is 11.3 Å². The van der Waals surface area contributed by atoms with E-state index in [1.807, 2.05) is 0 Å². The maximum Gasteiger partial charge on any atom is 0.433 e.